The lowest BCUT2D eigenvalue weighted by Crippen LogP contribution is -2.32. The third-order valence-electron chi connectivity index (χ3n) is 4.15. The van der Waals surface area contributed by atoms with Crippen LogP contribution in [0.4, 0.5) is 0 Å². The number of nitrogens with two attached hydrogens (primary N) is 1. The SMILES string of the molecule is CCCC1CCC(=O)N(CCCC(N)CC)CC1. The molecule has 1 fully saturated rings. The molecule has 1 heterocycles. The number of amides is 1. The standard InChI is InChI=1S/C15H30N2O/c1-3-6-13-8-9-15(18)17(12-10-13)11-5-7-14(16)4-2/h13-14H,3-12,16H2,1-2H3. The molecule has 0 radical (unpaired) electrons. The molecule has 106 valence electrons. The Morgan fingerprint density at radius 2 is 2.17 bits per heavy atom. The lowest BCUT2D eigenvalue weighted by atomic mass is 9.96. The topological polar surface area (TPSA) is 46.3 Å². The Hall–Kier alpha value is -0.570. The quantitative estimate of drug-likeness (QED) is 0.759. The van der Waals surface area contributed by atoms with Crippen LogP contribution < -0.4 is 5.73 Å². The van der Waals surface area contributed by atoms with Crippen LogP contribution in [0.5, 0.6) is 0 Å². The second-order valence-corrected chi connectivity index (χ2v) is 5.67. The van der Waals surface area contributed by atoms with Gasteiger partial charge in [-0.05, 0) is 38.0 Å². The number of rotatable bonds is 7. The van der Waals surface area contributed by atoms with E-state index in [2.05, 4.69) is 18.7 Å². The van der Waals surface area contributed by atoms with Gasteiger partial charge in [0, 0.05) is 25.6 Å². The van der Waals surface area contributed by atoms with Gasteiger partial charge < -0.3 is 10.6 Å². The molecule has 0 saturated carbocycles. The van der Waals surface area contributed by atoms with Gasteiger partial charge >= 0.3 is 0 Å². The van der Waals surface area contributed by atoms with E-state index < -0.39 is 0 Å². The lowest BCUT2D eigenvalue weighted by molar-refractivity contribution is -0.130. The average Bonchev–Trinajstić information content (AvgIpc) is 2.54. The molecule has 2 N–H and O–H groups in total. The number of nitrogens with zero attached hydrogens (tertiary/aromatic N) is 1. The van der Waals surface area contributed by atoms with Crippen LogP contribution in [-0.4, -0.2) is 29.9 Å². The first kappa shape index (κ1) is 15.5. The van der Waals surface area contributed by atoms with Crippen LogP contribution in [0.25, 0.3) is 0 Å². The smallest absolute Gasteiger partial charge is 0.222 e. The van der Waals surface area contributed by atoms with Gasteiger partial charge in [-0.3, -0.25) is 4.79 Å². The molecule has 0 aromatic rings. The van der Waals surface area contributed by atoms with Gasteiger partial charge in [-0.15, -0.1) is 0 Å². The van der Waals surface area contributed by atoms with Crippen molar-refractivity contribution in [1.82, 2.24) is 4.90 Å². The maximum absolute atomic E-state index is 12.0. The summed E-state index contributed by atoms with van der Waals surface area (Å²) in [5.41, 5.74) is 5.91. The molecule has 1 saturated heterocycles. The predicted molar refractivity (Wildman–Crippen MR) is 76.3 cm³/mol. The highest BCUT2D eigenvalue weighted by molar-refractivity contribution is 5.76. The van der Waals surface area contributed by atoms with E-state index in [1.54, 1.807) is 0 Å². The second kappa shape index (κ2) is 8.52. The summed E-state index contributed by atoms with van der Waals surface area (Å²) in [4.78, 5) is 14.1. The molecule has 2 atom stereocenters. The van der Waals surface area contributed by atoms with Crippen LogP contribution in [-0.2, 0) is 4.79 Å². The Labute approximate surface area is 112 Å². The van der Waals surface area contributed by atoms with Crippen LogP contribution in [0.1, 0.15) is 65.2 Å². The normalized spacial score (nSPS) is 22.9. The van der Waals surface area contributed by atoms with E-state index in [4.69, 9.17) is 5.73 Å². The number of hydrogen-bond acceptors (Lipinski definition) is 2. The van der Waals surface area contributed by atoms with E-state index in [-0.39, 0.29) is 0 Å². The molecule has 0 aromatic carbocycles. The van der Waals surface area contributed by atoms with E-state index >= 15 is 0 Å². The van der Waals surface area contributed by atoms with Crippen molar-refractivity contribution in [1.29, 1.82) is 0 Å². The zero-order valence-corrected chi connectivity index (χ0v) is 12.2. The molecule has 0 spiro atoms. The lowest BCUT2D eigenvalue weighted by Gasteiger charge is -2.21. The van der Waals surface area contributed by atoms with Crippen LogP contribution in [0.2, 0.25) is 0 Å². The summed E-state index contributed by atoms with van der Waals surface area (Å²) in [6.45, 7) is 6.23. The highest BCUT2D eigenvalue weighted by Crippen LogP contribution is 2.22. The van der Waals surface area contributed by atoms with Gasteiger partial charge in [0.1, 0.15) is 0 Å². The Morgan fingerprint density at radius 1 is 1.39 bits per heavy atom. The van der Waals surface area contributed by atoms with Crippen molar-refractivity contribution in [3.05, 3.63) is 0 Å². The van der Waals surface area contributed by atoms with Crippen molar-refractivity contribution < 1.29 is 4.79 Å². The highest BCUT2D eigenvalue weighted by atomic mass is 16.2. The number of hydrogen-bond donors (Lipinski definition) is 1. The van der Waals surface area contributed by atoms with Crippen LogP contribution >= 0.6 is 0 Å². The molecule has 18 heavy (non-hydrogen) atoms. The van der Waals surface area contributed by atoms with Crippen LogP contribution in [0.15, 0.2) is 0 Å². The Morgan fingerprint density at radius 3 is 2.83 bits per heavy atom. The van der Waals surface area contributed by atoms with Gasteiger partial charge in [0.25, 0.3) is 0 Å². The van der Waals surface area contributed by atoms with E-state index in [1.807, 2.05) is 0 Å². The highest BCUT2D eigenvalue weighted by Gasteiger charge is 2.21. The molecule has 0 bridgehead atoms. The first-order chi connectivity index (χ1) is 8.67. The summed E-state index contributed by atoms with van der Waals surface area (Å²) in [5, 5.41) is 0. The predicted octanol–water partition coefficient (Wildman–Crippen LogP) is 2.93. The summed E-state index contributed by atoms with van der Waals surface area (Å²) >= 11 is 0. The summed E-state index contributed by atoms with van der Waals surface area (Å²) in [5.74, 6) is 1.13. The molecule has 3 heteroatoms. The Kier molecular flexibility index (Phi) is 7.33. The maximum Gasteiger partial charge on any atom is 0.222 e. The summed E-state index contributed by atoms with van der Waals surface area (Å²) in [6.07, 6.45) is 8.69. The van der Waals surface area contributed by atoms with Crippen molar-refractivity contribution in [3.63, 3.8) is 0 Å². The van der Waals surface area contributed by atoms with Crippen LogP contribution in [0.3, 0.4) is 0 Å². The van der Waals surface area contributed by atoms with Crippen LogP contribution in [0, 0.1) is 5.92 Å². The number of carbonyl (C=O) groups is 1. The zero-order chi connectivity index (χ0) is 13.4. The average molecular weight is 254 g/mol. The summed E-state index contributed by atoms with van der Waals surface area (Å²) in [7, 11) is 0. The molecular formula is C15H30N2O. The minimum atomic E-state index is 0.305. The maximum atomic E-state index is 12.0. The largest absolute Gasteiger partial charge is 0.343 e. The summed E-state index contributed by atoms with van der Waals surface area (Å²) < 4.78 is 0. The first-order valence-electron chi connectivity index (χ1n) is 7.70. The summed E-state index contributed by atoms with van der Waals surface area (Å²) in [6, 6.07) is 0.305. The second-order valence-electron chi connectivity index (χ2n) is 5.67. The number of likely N-dealkylation sites (tertiary alicyclic amines) is 1. The van der Waals surface area contributed by atoms with Gasteiger partial charge in [-0.2, -0.15) is 0 Å². The van der Waals surface area contributed by atoms with Crippen molar-refractivity contribution in [3.8, 4) is 0 Å². The molecule has 1 aliphatic heterocycles. The first-order valence-corrected chi connectivity index (χ1v) is 7.70. The third-order valence-corrected chi connectivity index (χ3v) is 4.15. The third kappa shape index (κ3) is 5.38. The molecule has 3 nitrogen and oxygen atoms in total. The minimum absolute atomic E-state index is 0.305. The molecule has 1 amide bonds. The van der Waals surface area contributed by atoms with E-state index in [1.165, 1.54) is 19.3 Å². The Bertz CT molecular complexity index is 243. The fourth-order valence-electron chi connectivity index (χ4n) is 2.78. The molecule has 1 rings (SSSR count). The van der Waals surface area contributed by atoms with Crippen molar-refractivity contribution in [2.75, 3.05) is 13.1 Å². The van der Waals surface area contributed by atoms with E-state index in [0.717, 1.165) is 51.1 Å². The van der Waals surface area contributed by atoms with Gasteiger partial charge in [0.2, 0.25) is 5.91 Å². The Balaban J connectivity index is 2.29. The van der Waals surface area contributed by atoms with Gasteiger partial charge in [-0.25, -0.2) is 0 Å². The fourth-order valence-corrected chi connectivity index (χ4v) is 2.78. The monoisotopic (exact) mass is 254 g/mol. The van der Waals surface area contributed by atoms with Gasteiger partial charge in [-0.1, -0.05) is 26.7 Å². The molecule has 2 unspecified atom stereocenters. The van der Waals surface area contributed by atoms with Crippen molar-refractivity contribution in [2.24, 2.45) is 11.7 Å². The molecule has 0 aromatic heterocycles. The minimum Gasteiger partial charge on any atom is -0.343 e. The fraction of sp³-hybridized carbons (Fsp3) is 0.933. The van der Waals surface area contributed by atoms with E-state index in [0.29, 0.717) is 11.9 Å². The molecular weight excluding hydrogens is 224 g/mol. The molecule has 0 aliphatic carbocycles. The van der Waals surface area contributed by atoms with Gasteiger partial charge in [0.15, 0.2) is 0 Å². The zero-order valence-electron chi connectivity index (χ0n) is 12.2. The molecule has 1 aliphatic rings. The van der Waals surface area contributed by atoms with Crippen molar-refractivity contribution in [2.45, 2.75) is 71.3 Å². The number of carbonyl (C=O) groups excluding carboxylic acids is 1. The van der Waals surface area contributed by atoms with E-state index in [9.17, 15) is 4.79 Å². The van der Waals surface area contributed by atoms with Gasteiger partial charge in [0.05, 0.1) is 0 Å². The van der Waals surface area contributed by atoms with Crippen molar-refractivity contribution >= 4 is 5.91 Å².